The van der Waals surface area contributed by atoms with Crippen molar-refractivity contribution in [3.63, 3.8) is 0 Å². The number of thiophene rings is 1. The standard InChI is InChI=1S/C30H25ClF3N5O2S.2C2HF3O2/c31-20-9-18-25(15-3-1-8-40-13-15)37-29(41-14-30-6-2-7-39(30)12-16(32)10-30)38-26(18)24(34)23(20)17-4-5-21(33)27-22(17)19(11-35)28(36)42-27;2*3-2(4,5)1(6)7/h3-5,9,16H,1-2,6-8,10,12-14,36H2;2*(H,6,7)/t16-,30+;;/m1../s1. The van der Waals surface area contributed by atoms with Crippen LogP contribution >= 0.6 is 22.9 Å². The van der Waals surface area contributed by atoms with E-state index in [1.165, 1.54) is 12.1 Å². The fourth-order valence-corrected chi connectivity index (χ4v) is 7.85. The largest absolute Gasteiger partial charge is 0.490 e. The van der Waals surface area contributed by atoms with Crippen LogP contribution in [-0.4, -0.2) is 94.0 Å². The van der Waals surface area contributed by atoms with Crippen LogP contribution in [0, 0.1) is 23.0 Å². The Kier molecular flexibility index (Phi) is 12.3. The number of halogens is 10. The predicted molar refractivity (Wildman–Crippen MR) is 184 cm³/mol. The monoisotopic (exact) mass is 839 g/mol. The minimum absolute atomic E-state index is 0.0374. The number of nitrogens with two attached hydrogens (primary N) is 1. The first kappa shape index (κ1) is 42.2. The highest BCUT2D eigenvalue weighted by Crippen LogP contribution is 2.46. The number of alkyl halides is 7. The molecule has 4 N–H and O–H groups in total. The van der Waals surface area contributed by atoms with Gasteiger partial charge in [0.1, 0.15) is 35.2 Å². The summed E-state index contributed by atoms with van der Waals surface area (Å²) >= 11 is 7.65. The third-order valence-electron chi connectivity index (χ3n) is 8.99. The molecule has 11 nitrogen and oxygen atoms in total. The number of carboxylic acids is 2. The topological polar surface area (TPSA) is 172 Å². The number of carbonyl (C=O) groups is 2. The second kappa shape index (κ2) is 16.3. The van der Waals surface area contributed by atoms with Gasteiger partial charge in [-0.2, -0.15) is 41.6 Å². The molecule has 2 fully saturated rings. The molecule has 56 heavy (non-hydrogen) atoms. The number of carboxylic acid groups (broad SMARTS) is 2. The molecule has 3 aliphatic rings. The van der Waals surface area contributed by atoms with Crippen molar-refractivity contribution in [1.29, 1.82) is 5.26 Å². The molecule has 2 saturated heterocycles. The van der Waals surface area contributed by atoms with Crippen molar-refractivity contribution < 1.29 is 68.8 Å². The molecule has 0 amide bonds. The van der Waals surface area contributed by atoms with Crippen LogP contribution in [0.25, 0.3) is 37.7 Å². The quantitative estimate of drug-likeness (QED) is 0.167. The second-order valence-electron chi connectivity index (χ2n) is 12.6. The fourth-order valence-electron chi connectivity index (χ4n) is 6.61. The Labute approximate surface area is 318 Å². The Bertz CT molecular complexity index is 2240. The van der Waals surface area contributed by atoms with E-state index in [1.54, 1.807) is 6.07 Å². The minimum Gasteiger partial charge on any atom is -0.475 e. The molecule has 0 bridgehead atoms. The average molecular weight is 840 g/mol. The molecule has 7 rings (SSSR count). The van der Waals surface area contributed by atoms with Gasteiger partial charge in [0, 0.05) is 34.9 Å². The van der Waals surface area contributed by atoms with Crippen LogP contribution in [0.1, 0.15) is 36.9 Å². The summed E-state index contributed by atoms with van der Waals surface area (Å²) in [6, 6.07) is 6.13. The van der Waals surface area contributed by atoms with E-state index in [2.05, 4.69) is 14.9 Å². The van der Waals surface area contributed by atoms with Gasteiger partial charge in [0.05, 0.1) is 39.7 Å². The van der Waals surface area contributed by atoms with Gasteiger partial charge in [-0.1, -0.05) is 23.7 Å². The average Bonchev–Trinajstić information content (AvgIpc) is 3.77. The molecule has 2 aromatic heterocycles. The maximum atomic E-state index is 16.7. The summed E-state index contributed by atoms with van der Waals surface area (Å²) in [5.41, 5.74) is 6.95. The lowest BCUT2D eigenvalue weighted by molar-refractivity contribution is -0.193. The number of nitrogen functional groups attached to an aromatic ring is 1. The number of hydrogen-bond acceptors (Lipinski definition) is 10. The van der Waals surface area contributed by atoms with Gasteiger partial charge in [-0.3, -0.25) is 4.90 Å². The molecular formula is C34H27ClF9N5O6S. The highest BCUT2D eigenvalue weighted by atomic mass is 35.5. The van der Waals surface area contributed by atoms with Gasteiger partial charge >= 0.3 is 30.3 Å². The van der Waals surface area contributed by atoms with E-state index in [9.17, 15) is 40.4 Å². The fraction of sp³-hybridized carbons (Fsp3) is 0.382. The van der Waals surface area contributed by atoms with Crippen LogP contribution in [0.4, 0.5) is 44.5 Å². The molecule has 0 spiro atoms. The normalized spacial score (nSPS) is 19.7. The first-order chi connectivity index (χ1) is 26.2. The molecule has 22 heteroatoms. The smallest absolute Gasteiger partial charge is 0.475 e. The number of benzene rings is 2. The highest BCUT2D eigenvalue weighted by molar-refractivity contribution is 7.23. The zero-order valence-electron chi connectivity index (χ0n) is 28.3. The van der Waals surface area contributed by atoms with Crippen molar-refractivity contribution >= 4 is 66.4 Å². The van der Waals surface area contributed by atoms with Crippen LogP contribution in [0.3, 0.4) is 0 Å². The van der Waals surface area contributed by atoms with Crippen LogP contribution < -0.4 is 10.5 Å². The Hall–Kier alpha value is -4.91. The van der Waals surface area contributed by atoms with Crippen molar-refractivity contribution in [2.45, 2.75) is 49.7 Å². The number of hydrogen-bond donors (Lipinski definition) is 3. The van der Waals surface area contributed by atoms with Crippen LogP contribution in [0.5, 0.6) is 6.01 Å². The molecule has 0 aliphatic carbocycles. The number of aliphatic carboxylic acids is 2. The summed E-state index contributed by atoms with van der Waals surface area (Å²) in [4.78, 5) is 29.1. The number of nitrogens with zero attached hydrogens (tertiary/aromatic N) is 4. The predicted octanol–water partition coefficient (Wildman–Crippen LogP) is 7.92. The SMILES string of the molecule is N#Cc1c(N)sc2c(F)ccc(-c3c(Cl)cc4c(C5=CCCOC5)nc(OC[C@@]56CCCN5C[C@H](F)C6)nc4c3F)c12.O=C(O)C(F)(F)F.O=C(O)C(F)(F)F. The van der Waals surface area contributed by atoms with Crippen LogP contribution in [0.2, 0.25) is 5.02 Å². The zero-order valence-corrected chi connectivity index (χ0v) is 29.9. The third-order valence-corrected chi connectivity index (χ3v) is 10.3. The van der Waals surface area contributed by atoms with Gasteiger partial charge < -0.3 is 25.4 Å². The molecule has 2 aromatic carbocycles. The highest BCUT2D eigenvalue weighted by Gasteiger charge is 2.49. The number of ether oxygens (including phenoxy) is 2. The Morgan fingerprint density at radius 1 is 1.14 bits per heavy atom. The van der Waals surface area contributed by atoms with E-state index in [0.717, 1.165) is 36.3 Å². The van der Waals surface area contributed by atoms with Crippen molar-refractivity contribution in [3.8, 4) is 23.2 Å². The number of anilines is 1. The second-order valence-corrected chi connectivity index (χ2v) is 14.1. The van der Waals surface area contributed by atoms with E-state index in [0.29, 0.717) is 37.1 Å². The van der Waals surface area contributed by atoms with E-state index in [-0.39, 0.29) is 61.5 Å². The molecule has 0 unspecified atom stereocenters. The van der Waals surface area contributed by atoms with Gasteiger partial charge in [0.2, 0.25) is 0 Å². The zero-order chi connectivity index (χ0) is 41.3. The number of aromatic nitrogens is 2. The molecule has 4 aromatic rings. The maximum Gasteiger partial charge on any atom is 0.490 e. The Balaban J connectivity index is 0.000000367. The molecule has 2 atom stereocenters. The molecule has 0 radical (unpaired) electrons. The minimum atomic E-state index is -5.08. The van der Waals surface area contributed by atoms with Crippen molar-refractivity contribution in [2.75, 3.05) is 38.6 Å². The van der Waals surface area contributed by atoms with Gasteiger partial charge in [-0.25, -0.2) is 22.8 Å². The van der Waals surface area contributed by atoms with Crippen LogP contribution in [-0.2, 0) is 14.3 Å². The summed E-state index contributed by atoms with van der Waals surface area (Å²) in [5, 5.41) is 24.7. The van der Waals surface area contributed by atoms with Gasteiger partial charge in [-0.15, -0.1) is 11.3 Å². The first-order valence-corrected chi connectivity index (χ1v) is 17.4. The van der Waals surface area contributed by atoms with Crippen molar-refractivity contribution in [1.82, 2.24) is 14.9 Å². The lowest BCUT2D eigenvalue weighted by Crippen LogP contribution is -2.43. The third kappa shape index (κ3) is 8.72. The van der Waals surface area contributed by atoms with E-state index in [1.807, 2.05) is 12.1 Å². The van der Waals surface area contributed by atoms with Gasteiger partial charge in [-0.05, 0) is 43.5 Å². The summed E-state index contributed by atoms with van der Waals surface area (Å²) < 4.78 is 121. The first-order valence-electron chi connectivity index (χ1n) is 16.2. The molecule has 3 aliphatic heterocycles. The van der Waals surface area contributed by atoms with Crippen molar-refractivity contribution in [3.05, 3.63) is 52.2 Å². The van der Waals surface area contributed by atoms with Gasteiger partial charge in [0.25, 0.3) is 0 Å². The number of fused-ring (bicyclic) bond motifs is 3. The van der Waals surface area contributed by atoms with E-state index in [4.69, 9.17) is 46.6 Å². The Morgan fingerprint density at radius 3 is 2.39 bits per heavy atom. The molecule has 5 heterocycles. The maximum absolute atomic E-state index is 16.7. The van der Waals surface area contributed by atoms with E-state index >= 15 is 4.39 Å². The number of rotatable bonds is 5. The summed E-state index contributed by atoms with van der Waals surface area (Å²) in [7, 11) is 0. The lowest BCUT2D eigenvalue weighted by Gasteiger charge is -2.30. The summed E-state index contributed by atoms with van der Waals surface area (Å²) in [6.07, 6.45) is -6.34. The number of nitriles is 1. The van der Waals surface area contributed by atoms with E-state index < -0.39 is 47.6 Å². The Morgan fingerprint density at radius 2 is 1.80 bits per heavy atom. The molecule has 300 valence electrons. The van der Waals surface area contributed by atoms with Gasteiger partial charge in [0.15, 0.2) is 5.82 Å². The van der Waals surface area contributed by atoms with Crippen LogP contribution in [0.15, 0.2) is 24.3 Å². The lowest BCUT2D eigenvalue weighted by atomic mass is 9.95. The molecular weight excluding hydrogens is 813 g/mol. The summed E-state index contributed by atoms with van der Waals surface area (Å²) in [6.45, 7) is 2.18. The molecule has 0 saturated carbocycles. The van der Waals surface area contributed by atoms with Crippen molar-refractivity contribution in [2.24, 2.45) is 0 Å². The summed E-state index contributed by atoms with van der Waals surface area (Å²) in [5.74, 6) is -6.85.